The number of ether oxygens (including phenoxy) is 2. The summed E-state index contributed by atoms with van der Waals surface area (Å²) in [5.41, 5.74) is 4.41. The van der Waals surface area contributed by atoms with E-state index in [1.807, 2.05) is 72.8 Å². The van der Waals surface area contributed by atoms with Crippen LogP contribution < -0.4 is 9.47 Å². The van der Waals surface area contributed by atoms with E-state index in [0.29, 0.717) is 40.7 Å². The molecule has 2 aromatic heterocycles. The molecule has 0 amide bonds. The van der Waals surface area contributed by atoms with Crippen LogP contribution in [0.15, 0.2) is 111 Å². The van der Waals surface area contributed by atoms with Crippen LogP contribution in [0.5, 0.6) is 11.5 Å². The van der Waals surface area contributed by atoms with Gasteiger partial charge in [0.25, 0.3) is 0 Å². The minimum Gasteiger partial charge on any atom is -0.484 e. The van der Waals surface area contributed by atoms with Crippen molar-refractivity contribution in [1.82, 2.24) is 9.97 Å². The molecule has 0 saturated heterocycles. The largest absolute Gasteiger partial charge is 0.484 e. The molecule has 10 heteroatoms. The number of carbonyl (C=O) groups is 1. The van der Waals surface area contributed by atoms with Crippen LogP contribution in [0.4, 0.5) is 0 Å². The molecular weight excluding hydrogens is 526 g/mol. The summed E-state index contributed by atoms with van der Waals surface area (Å²) in [7, 11) is 0. The Morgan fingerprint density at radius 1 is 0.732 bits per heavy atom. The van der Waals surface area contributed by atoms with Gasteiger partial charge in [0.2, 0.25) is 11.8 Å². The van der Waals surface area contributed by atoms with Gasteiger partial charge in [0.1, 0.15) is 22.5 Å². The first-order valence-corrected chi connectivity index (χ1v) is 12.7. The minimum absolute atomic E-state index is 0.169. The third-order valence-corrected chi connectivity index (χ3v) is 6.10. The topological polar surface area (TPSA) is 129 Å². The standard InChI is InChI=1S/C31H23N3O7/c35-30(36)17-32-41-31(20-9-13-22(14-10-20)37-18-28-33-24-5-1-3-7-26(24)39-28)21-11-15-23(16-12-21)38-19-29-34-25-6-2-4-8-27(25)40-29/h1-17,31H,18-19H2,(H,35,36). The average Bonchev–Trinajstić information content (AvgIpc) is 3.61. The summed E-state index contributed by atoms with van der Waals surface area (Å²) < 4.78 is 23.1. The van der Waals surface area contributed by atoms with Gasteiger partial charge in [-0.1, -0.05) is 53.7 Å². The molecule has 4 aromatic carbocycles. The molecular formula is C31H23N3O7. The second kappa shape index (κ2) is 11.6. The number of oxazole rings is 2. The highest BCUT2D eigenvalue weighted by Crippen LogP contribution is 2.30. The summed E-state index contributed by atoms with van der Waals surface area (Å²) in [5, 5.41) is 12.6. The maximum Gasteiger partial charge on any atom is 0.350 e. The Kier molecular flexibility index (Phi) is 7.26. The van der Waals surface area contributed by atoms with Crippen LogP contribution in [0.3, 0.4) is 0 Å². The molecule has 0 saturated carbocycles. The Hall–Kier alpha value is -5.64. The molecule has 0 radical (unpaired) electrons. The number of hydrogen-bond acceptors (Lipinski definition) is 9. The number of para-hydroxylation sites is 4. The Balaban J connectivity index is 1.13. The van der Waals surface area contributed by atoms with Crippen LogP contribution in [0.2, 0.25) is 0 Å². The number of hydrogen-bond donors (Lipinski definition) is 1. The van der Waals surface area contributed by atoms with E-state index in [0.717, 1.165) is 22.2 Å². The maximum atomic E-state index is 10.9. The highest BCUT2D eigenvalue weighted by Gasteiger charge is 2.17. The van der Waals surface area contributed by atoms with Crippen molar-refractivity contribution in [2.75, 3.05) is 0 Å². The first-order valence-electron chi connectivity index (χ1n) is 12.7. The summed E-state index contributed by atoms with van der Waals surface area (Å²) in [6.45, 7) is 0.337. The molecule has 0 atom stereocenters. The van der Waals surface area contributed by atoms with E-state index < -0.39 is 12.1 Å². The van der Waals surface area contributed by atoms with Gasteiger partial charge in [-0.2, -0.15) is 0 Å². The fourth-order valence-corrected chi connectivity index (χ4v) is 4.18. The highest BCUT2D eigenvalue weighted by atomic mass is 16.6. The van der Waals surface area contributed by atoms with Crippen molar-refractivity contribution in [3.8, 4) is 11.5 Å². The van der Waals surface area contributed by atoms with Crippen LogP contribution >= 0.6 is 0 Å². The van der Waals surface area contributed by atoms with Gasteiger partial charge in [-0.25, -0.2) is 14.8 Å². The molecule has 0 spiro atoms. The fraction of sp³-hybridized carbons (Fsp3) is 0.0968. The molecule has 0 bridgehead atoms. The summed E-state index contributed by atoms with van der Waals surface area (Å²) in [6, 6.07) is 29.4. The van der Waals surface area contributed by atoms with Crippen molar-refractivity contribution >= 4 is 34.4 Å². The summed E-state index contributed by atoms with van der Waals surface area (Å²) in [5.74, 6) is 0.934. The van der Waals surface area contributed by atoms with Crippen LogP contribution in [0.1, 0.15) is 29.0 Å². The van der Waals surface area contributed by atoms with Crippen LogP contribution in [-0.4, -0.2) is 27.3 Å². The molecule has 0 aliphatic rings. The number of carboxylic acids is 1. The lowest BCUT2D eigenvalue weighted by Crippen LogP contribution is -2.05. The Labute approximate surface area is 233 Å². The molecule has 0 aliphatic carbocycles. The highest BCUT2D eigenvalue weighted by molar-refractivity contribution is 6.21. The predicted molar refractivity (Wildman–Crippen MR) is 149 cm³/mol. The van der Waals surface area contributed by atoms with Gasteiger partial charge in [-0.15, -0.1) is 0 Å². The number of oxime groups is 1. The van der Waals surface area contributed by atoms with E-state index in [-0.39, 0.29) is 13.2 Å². The quantitative estimate of drug-likeness (QED) is 0.146. The molecule has 6 rings (SSSR count). The first kappa shape index (κ1) is 25.6. The third kappa shape index (κ3) is 6.17. The Morgan fingerprint density at radius 2 is 1.20 bits per heavy atom. The van der Waals surface area contributed by atoms with E-state index in [9.17, 15) is 4.79 Å². The second-order valence-electron chi connectivity index (χ2n) is 8.92. The molecule has 204 valence electrons. The lowest BCUT2D eigenvalue weighted by molar-refractivity contribution is -0.129. The van der Waals surface area contributed by atoms with Crippen LogP contribution in [-0.2, 0) is 22.8 Å². The molecule has 6 aromatic rings. The number of carboxylic acid groups (broad SMARTS) is 1. The molecule has 0 fully saturated rings. The van der Waals surface area contributed by atoms with Crippen molar-refractivity contribution in [2.24, 2.45) is 5.16 Å². The number of fused-ring (bicyclic) bond motifs is 2. The zero-order valence-corrected chi connectivity index (χ0v) is 21.5. The van der Waals surface area contributed by atoms with Crippen molar-refractivity contribution in [2.45, 2.75) is 19.3 Å². The molecule has 2 heterocycles. The van der Waals surface area contributed by atoms with Gasteiger partial charge in [-0.05, 0) is 59.7 Å². The maximum absolute atomic E-state index is 10.9. The molecule has 0 unspecified atom stereocenters. The van der Waals surface area contributed by atoms with E-state index in [4.69, 9.17) is 28.3 Å². The van der Waals surface area contributed by atoms with E-state index in [1.165, 1.54) is 0 Å². The smallest absolute Gasteiger partial charge is 0.350 e. The third-order valence-electron chi connectivity index (χ3n) is 6.10. The van der Waals surface area contributed by atoms with Crippen LogP contribution in [0.25, 0.3) is 22.2 Å². The molecule has 0 aliphatic heterocycles. The number of aromatic nitrogens is 2. The molecule has 1 N–H and O–H groups in total. The van der Waals surface area contributed by atoms with E-state index in [2.05, 4.69) is 15.1 Å². The first-order chi connectivity index (χ1) is 20.1. The summed E-state index contributed by atoms with van der Waals surface area (Å²) >= 11 is 0. The van der Waals surface area contributed by atoms with Gasteiger partial charge in [-0.3, -0.25) is 0 Å². The van der Waals surface area contributed by atoms with Crippen molar-refractivity contribution in [3.63, 3.8) is 0 Å². The van der Waals surface area contributed by atoms with Crippen molar-refractivity contribution in [1.29, 1.82) is 0 Å². The Bertz CT molecular complexity index is 1620. The Morgan fingerprint density at radius 3 is 1.63 bits per heavy atom. The van der Waals surface area contributed by atoms with Gasteiger partial charge in [0, 0.05) is 0 Å². The van der Waals surface area contributed by atoms with Gasteiger partial charge >= 0.3 is 5.97 Å². The van der Waals surface area contributed by atoms with Crippen molar-refractivity contribution < 1.29 is 33.0 Å². The lowest BCUT2D eigenvalue weighted by atomic mass is 10.0. The van der Waals surface area contributed by atoms with E-state index in [1.54, 1.807) is 24.3 Å². The monoisotopic (exact) mass is 549 g/mol. The zero-order chi connectivity index (χ0) is 28.0. The van der Waals surface area contributed by atoms with Crippen molar-refractivity contribution in [3.05, 3.63) is 120 Å². The average molecular weight is 550 g/mol. The minimum atomic E-state index is -1.21. The SMILES string of the molecule is O=C(O)C=NOC(c1ccc(OCc2nc3ccccc3o2)cc1)c1ccc(OCc2nc3ccccc3o2)cc1. The number of benzene rings is 4. The van der Waals surface area contributed by atoms with Gasteiger partial charge in [0.15, 0.2) is 36.7 Å². The number of rotatable bonds is 11. The van der Waals surface area contributed by atoms with Gasteiger partial charge < -0.3 is 28.3 Å². The van der Waals surface area contributed by atoms with E-state index >= 15 is 0 Å². The number of nitrogens with zero attached hydrogens (tertiary/aromatic N) is 3. The number of aliphatic carboxylic acids is 1. The van der Waals surface area contributed by atoms with Crippen LogP contribution in [0, 0.1) is 0 Å². The normalized spacial score (nSPS) is 11.4. The lowest BCUT2D eigenvalue weighted by Gasteiger charge is -2.17. The molecule has 10 nitrogen and oxygen atoms in total. The summed E-state index contributed by atoms with van der Waals surface area (Å²) in [4.78, 5) is 25.4. The summed E-state index contributed by atoms with van der Waals surface area (Å²) in [6.07, 6.45) is 0.0191. The zero-order valence-electron chi connectivity index (χ0n) is 21.5. The fourth-order valence-electron chi connectivity index (χ4n) is 4.18. The second-order valence-corrected chi connectivity index (χ2v) is 8.92. The predicted octanol–water partition coefficient (Wildman–Crippen LogP) is 6.30. The van der Waals surface area contributed by atoms with Gasteiger partial charge in [0.05, 0.1) is 0 Å². The molecule has 41 heavy (non-hydrogen) atoms.